The first-order valence-electron chi connectivity index (χ1n) is 9.76. The van der Waals surface area contributed by atoms with E-state index in [1.165, 1.54) is 11.1 Å². The van der Waals surface area contributed by atoms with E-state index in [-0.39, 0.29) is 5.91 Å². The molecule has 1 fully saturated rings. The molecule has 0 radical (unpaired) electrons. The maximum absolute atomic E-state index is 13.2. The molecule has 1 saturated heterocycles. The number of hydrogen-bond donors (Lipinski definition) is 0. The Bertz CT molecular complexity index is 970. The summed E-state index contributed by atoms with van der Waals surface area (Å²) in [5.41, 5.74) is 4.30. The summed E-state index contributed by atoms with van der Waals surface area (Å²) in [5, 5.41) is 0. The fourth-order valence-electron chi connectivity index (χ4n) is 3.80. The van der Waals surface area contributed by atoms with E-state index in [1.54, 1.807) is 6.20 Å². The summed E-state index contributed by atoms with van der Waals surface area (Å²) in [5.74, 6) is 0.913. The number of rotatable bonds is 4. The maximum Gasteiger partial charge on any atom is 0.254 e. The van der Waals surface area contributed by atoms with Gasteiger partial charge in [0.2, 0.25) is 0 Å². The number of carbonyl (C=O) groups is 1. The van der Waals surface area contributed by atoms with Crippen molar-refractivity contribution in [2.24, 2.45) is 7.05 Å². The van der Waals surface area contributed by atoms with Crippen LogP contribution in [0.15, 0.2) is 60.9 Å². The molecule has 3 aromatic rings. The lowest BCUT2D eigenvalue weighted by Gasteiger charge is -2.35. The monoisotopic (exact) mass is 374 g/mol. The summed E-state index contributed by atoms with van der Waals surface area (Å²) in [6.07, 6.45) is 3.67. The molecule has 0 bridgehead atoms. The molecule has 5 nitrogen and oxygen atoms in total. The molecule has 0 unspecified atom stereocenters. The van der Waals surface area contributed by atoms with Gasteiger partial charge in [0.1, 0.15) is 5.82 Å². The zero-order chi connectivity index (χ0) is 19.5. The normalized spacial score (nSPS) is 15.0. The average Bonchev–Trinajstić information content (AvgIpc) is 3.15. The summed E-state index contributed by atoms with van der Waals surface area (Å²) in [7, 11) is 1.95. The summed E-state index contributed by atoms with van der Waals surface area (Å²) in [4.78, 5) is 22.0. The molecule has 28 heavy (non-hydrogen) atoms. The Morgan fingerprint density at radius 1 is 1.00 bits per heavy atom. The fourth-order valence-corrected chi connectivity index (χ4v) is 3.80. The molecule has 0 aliphatic carbocycles. The van der Waals surface area contributed by atoms with Crippen LogP contribution in [0.1, 0.15) is 21.5 Å². The van der Waals surface area contributed by atoms with Crippen LogP contribution in [0.5, 0.6) is 0 Å². The Labute approximate surface area is 166 Å². The fraction of sp³-hybridized carbons (Fsp3) is 0.304. The highest BCUT2D eigenvalue weighted by Crippen LogP contribution is 2.23. The standard InChI is InChI=1S/C23H26N4O/c1-18-7-3-4-8-19(18)17-26-13-15-27(16-14-26)23(28)21-10-6-5-9-20(21)22-24-11-12-25(22)2/h3-12H,13-17H2,1-2H3. The van der Waals surface area contributed by atoms with Crippen LogP contribution in [-0.4, -0.2) is 51.4 Å². The number of amides is 1. The summed E-state index contributed by atoms with van der Waals surface area (Å²) >= 11 is 0. The summed E-state index contributed by atoms with van der Waals surface area (Å²) < 4.78 is 1.95. The molecule has 1 aromatic heterocycles. The minimum absolute atomic E-state index is 0.0918. The maximum atomic E-state index is 13.2. The number of nitrogens with zero attached hydrogens (tertiary/aromatic N) is 4. The second-order valence-electron chi connectivity index (χ2n) is 7.40. The van der Waals surface area contributed by atoms with Crippen LogP contribution in [-0.2, 0) is 13.6 Å². The third kappa shape index (κ3) is 3.71. The van der Waals surface area contributed by atoms with Gasteiger partial charge in [-0.1, -0.05) is 42.5 Å². The lowest BCUT2D eigenvalue weighted by atomic mass is 10.0. The van der Waals surface area contributed by atoms with Gasteiger partial charge < -0.3 is 9.47 Å². The first-order valence-corrected chi connectivity index (χ1v) is 9.76. The molecule has 2 heterocycles. The van der Waals surface area contributed by atoms with Crippen LogP contribution in [0.4, 0.5) is 0 Å². The van der Waals surface area contributed by atoms with E-state index in [9.17, 15) is 4.79 Å². The molecule has 144 valence electrons. The van der Waals surface area contributed by atoms with Crippen LogP contribution < -0.4 is 0 Å². The van der Waals surface area contributed by atoms with E-state index < -0.39 is 0 Å². The minimum Gasteiger partial charge on any atom is -0.336 e. The van der Waals surface area contributed by atoms with Crippen LogP contribution in [0.3, 0.4) is 0 Å². The van der Waals surface area contributed by atoms with Gasteiger partial charge in [0.15, 0.2) is 0 Å². The smallest absolute Gasteiger partial charge is 0.254 e. The molecular formula is C23H26N4O. The average molecular weight is 374 g/mol. The van der Waals surface area contributed by atoms with Crippen LogP contribution in [0, 0.1) is 6.92 Å². The van der Waals surface area contributed by atoms with Crippen molar-refractivity contribution in [1.82, 2.24) is 19.4 Å². The van der Waals surface area contributed by atoms with E-state index in [0.717, 1.165) is 49.7 Å². The molecule has 5 heteroatoms. The minimum atomic E-state index is 0.0918. The number of aryl methyl sites for hydroxylation is 2. The Kier molecular flexibility index (Phi) is 5.26. The number of hydrogen-bond acceptors (Lipinski definition) is 3. The first kappa shape index (κ1) is 18.4. The Balaban J connectivity index is 1.45. The molecule has 0 N–H and O–H groups in total. The van der Waals surface area contributed by atoms with E-state index in [4.69, 9.17) is 0 Å². The SMILES string of the molecule is Cc1ccccc1CN1CCN(C(=O)c2ccccc2-c2nccn2C)CC1. The van der Waals surface area contributed by atoms with Gasteiger partial charge in [-0.3, -0.25) is 9.69 Å². The van der Waals surface area contributed by atoms with Gasteiger partial charge in [0.05, 0.1) is 5.56 Å². The second kappa shape index (κ2) is 7.98. The lowest BCUT2D eigenvalue weighted by Crippen LogP contribution is -2.48. The molecule has 0 spiro atoms. The van der Waals surface area contributed by atoms with Crippen molar-refractivity contribution in [3.05, 3.63) is 77.6 Å². The van der Waals surface area contributed by atoms with Crippen LogP contribution >= 0.6 is 0 Å². The molecule has 1 amide bonds. The van der Waals surface area contributed by atoms with E-state index in [1.807, 2.05) is 47.0 Å². The number of aromatic nitrogens is 2. The number of imidazole rings is 1. The van der Waals surface area contributed by atoms with Crippen molar-refractivity contribution in [1.29, 1.82) is 0 Å². The molecule has 2 aromatic carbocycles. The molecule has 0 atom stereocenters. The quantitative estimate of drug-likeness (QED) is 0.703. The predicted octanol–water partition coefficient (Wildman–Crippen LogP) is 3.35. The molecular weight excluding hydrogens is 348 g/mol. The first-order chi connectivity index (χ1) is 13.6. The highest BCUT2D eigenvalue weighted by atomic mass is 16.2. The van der Waals surface area contributed by atoms with Gasteiger partial charge in [0.25, 0.3) is 5.91 Å². The van der Waals surface area contributed by atoms with E-state index >= 15 is 0 Å². The van der Waals surface area contributed by atoms with Crippen molar-refractivity contribution < 1.29 is 4.79 Å². The van der Waals surface area contributed by atoms with Crippen LogP contribution in [0.25, 0.3) is 11.4 Å². The largest absolute Gasteiger partial charge is 0.336 e. The van der Waals surface area contributed by atoms with Gasteiger partial charge in [-0.25, -0.2) is 4.98 Å². The molecule has 1 aliphatic heterocycles. The van der Waals surface area contributed by atoms with E-state index in [0.29, 0.717) is 0 Å². The van der Waals surface area contributed by atoms with Gasteiger partial charge in [-0.05, 0) is 24.1 Å². The zero-order valence-electron chi connectivity index (χ0n) is 16.5. The summed E-state index contributed by atoms with van der Waals surface area (Å²) in [6, 6.07) is 16.3. The van der Waals surface area contributed by atoms with Crippen molar-refractivity contribution >= 4 is 5.91 Å². The highest BCUT2D eigenvalue weighted by Gasteiger charge is 2.25. The van der Waals surface area contributed by atoms with Crippen molar-refractivity contribution in [3.63, 3.8) is 0 Å². The Hall–Kier alpha value is -2.92. The summed E-state index contributed by atoms with van der Waals surface area (Å²) in [6.45, 7) is 6.39. The van der Waals surface area contributed by atoms with Crippen molar-refractivity contribution in [3.8, 4) is 11.4 Å². The van der Waals surface area contributed by atoms with Crippen molar-refractivity contribution in [2.75, 3.05) is 26.2 Å². The zero-order valence-corrected chi connectivity index (χ0v) is 16.5. The van der Waals surface area contributed by atoms with Gasteiger partial charge in [0, 0.05) is 57.7 Å². The van der Waals surface area contributed by atoms with Gasteiger partial charge in [-0.2, -0.15) is 0 Å². The predicted molar refractivity (Wildman–Crippen MR) is 111 cm³/mol. The van der Waals surface area contributed by atoms with Gasteiger partial charge >= 0.3 is 0 Å². The van der Waals surface area contributed by atoms with Crippen LogP contribution in [0.2, 0.25) is 0 Å². The van der Waals surface area contributed by atoms with Gasteiger partial charge in [-0.15, -0.1) is 0 Å². The van der Waals surface area contributed by atoms with Crippen molar-refractivity contribution in [2.45, 2.75) is 13.5 Å². The number of benzene rings is 2. The molecule has 1 aliphatic rings. The third-order valence-corrected chi connectivity index (χ3v) is 5.53. The number of piperazine rings is 1. The topological polar surface area (TPSA) is 41.4 Å². The molecule has 4 rings (SSSR count). The Morgan fingerprint density at radius 3 is 2.43 bits per heavy atom. The van der Waals surface area contributed by atoms with E-state index in [2.05, 4.69) is 41.1 Å². The second-order valence-corrected chi connectivity index (χ2v) is 7.40. The number of carbonyl (C=O) groups excluding carboxylic acids is 1. The molecule has 0 saturated carbocycles. The highest BCUT2D eigenvalue weighted by molar-refractivity contribution is 6.00. The third-order valence-electron chi connectivity index (χ3n) is 5.53. The lowest BCUT2D eigenvalue weighted by molar-refractivity contribution is 0.0629. The Morgan fingerprint density at radius 2 is 1.71 bits per heavy atom.